The van der Waals surface area contributed by atoms with Crippen LogP contribution in [0.5, 0.6) is 5.75 Å². The fourth-order valence-electron chi connectivity index (χ4n) is 4.01. The van der Waals surface area contributed by atoms with Gasteiger partial charge in [0, 0.05) is 43.0 Å². The number of aromatic nitrogens is 3. The molecule has 150 valence electrons. The van der Waals surface area contributed by atoms with Crippen LogP contribution in [-0.2, 0) is 6.54 Å². The summed E-state index contributed by atoms with van der Waals surface area (Å²) in [5.41, 5.74) is 5.12. The lowest BCUT2D eigenvalue weighted by Crippen LogP contribution is -2.22. The van der Waals surface area contributed by atoms with Crippen LogP contribution >= 0.6 is 0 Å². The number of methoxy groups -OCH3 is 1. The first-order chi connectivity index (χ1) is 14.0. The van der Waals surface area contributed by atoms with Gasteiger partial charge in [0.2, 0.25) is 0 Å². The number of nitrogens with zero attached hydrogens (tertiary/aromatic N) is 3. The summed E-state index contributed by atoms with van der Waals surface area (Å²) < 4.78 is 5.42. The molecule has 3 aromatic rings. The minimum atomic E-state index is -0.117. The monoisotopic (exact) mass is 390 g/mol. The fourth-order valence-corrected chi connectivity index (χ4v) is 4.01. The highest BCUT2D eigenvalue weighted by molar-refractivity contribution is 5.57. The molecule has 6 heteroatoms. The molecule has 1 aliphatic heterocycles. The van der Waals surface area contributed by atoms with Crippen molar-refractivity contribution < 1.29 is 4.74 Å². The Balaban J connectivity index is 1.51. The van der Waals surface area contributed by atoms with E-state index in [1.807, 2.05) is 12.1 Å². The zero-order chi connectivity index (χ0) is 20.4. The first-order valence-corrected chi connectivity index (χ1v) is 9.91. The van der Waals surface area contributed by atoms with Crippen LogP contribution in [0.3, 0.4) is 0 Å². The van der Waals surface area contributed by atoms with Crippen molar-refractivity contribution >= 4 is 0 Å². The average molecular weight is 390 g/mol. The van der Waals surface area contributed by atoms with Crippen LogP contribution in [0.25, 0.3) is 11.3 Å². The second-order valence-electron chi connectivity index (χ2n) is 7.73. The van der Waals surface area contributed by atoms with Crippen LogP contribution < -0.4 is 10.3 Å². The van der Waals surface area contributed by atoms with Crippen LogP contribution in [0.4, 0.5) is 0 Å². The first-order valence-electron chi connectivity index (χ1n) is 9.91. The number of ether oxygens (including phenoxy) is 1. The van der Waals surface area contributed by atoms with Gasteiger partial charge in [-0.1, -0.05) is 6.07 Å². The van der Waals surface area contributed by atoms with Crippen molar-refractivity contribution in [2.75, 3.05) is 20.2 Å². The zero-order valence-corrected chi connectivity index (χ0v) is 17.1. The maximum atomic E-state index is 12.2. The lowest BCUT2D eigenvalue weighted by Gasteiger charge is -2.19. The summed E-state index contributed by atoms with van der Waals surface area (Å²) in [5, 5.41) is 0. The number of hydrogen-bond acceptors (Lipinski definition) is 5. The number of aryl methyl sites for hydroxylation is 2. The molecule has 6 nitrogen and oxygen atoms in total. The molecule has 0 amide bonds. The summed E-state index contributed by atoms with van der Waals surface area (Å²) in [4.78, 5) is 26.5. The summed E-state index contributed by atoms with van der Waals surface area (Å²) in [7, 11) is 1.71. The number of likely N-dealkylation sites (tertiary alicyclic amines) is 1. The van der Waals surface area contributed by atoms with E-state index < -0.39 is 0 Å². The van der Waals surface area contributed by atoms with Gasteiger partial charge in [0.1, 0.15) is 11.6 Å². The number of nitrogens with one attached hydrogen (secondary N) is 1. The highest BCUT2D eigenvalue weighted by Crippen LogP contribution is 2.29. The van der Waals surface area contributed by atoms with E-state index in [4.69, 9.17) is 9.72 Å². The maximum absolute atomic E-state index is 12.2. The third kappa shape index (κ3) is 4.22. The molecule has 0 aliphatic carbocycles. The van der Waals surface area contributed by atoms with Crippen molar-refractivity contribution in [1.29, 1.82) is 0 Å². The molecule has 0 saturated carbocycles. The lowest BCUT2D eigenvalue weighted by atomic mass is 10.0. The Kier molecular flexibility index (Phi) is 5.45. The summed E-state index contributed by atoms with van der Waals surface area (Å²) in [5.74, 6) is 1.92. The van der Waals surface area contributed by atoms with Gasteiger partial charge in [-0.2, -0.15) is 0 Å². The SMILES string of the molecule is COc1cc(C)c(CN2CCC(c3nc(-c4cccnc4)cc(=O)[nH]3)C2)cc1C. The van der Waals surface area contributed by atoms with Crippen LogP contribution in [0.1, 0.15) is 34.9 Å². The van der Waals surface area contributed by atoms with Crippen LogP contribution in [0.15, 0.2) is 47.5 Å². The third-order valence-corrected chi connectivity index (χ3v) is 5.62. The Morgan fingerprint density at radius 3 is 2.86 bits per heavy atom. The molecular formula is C23H26N4O2. The number of pyridine rings is 1. The molecule has 4 rings (SSSR count). The quantitative estimate of drug-likeness (QED) is 0.723. The second-order valence-corrected chi connectivity index (χ2v) is 7.73. The molecule has 1 fully saturated rings. The minimum absolute atomic E-state index is 0.117. The minimum Gasteiger partial charge on any atom is -0.496 e. The molecule has 1 atom stereocenters. The van der Waals surface area contributed by atoms with Gasteiger partial charge in [0.15, 0.2) is 0 Å². The Morgan fingerprint density at radius 2 is 2.10 bits per heavy atom. The summed E-state index contributed by atoms with van der Waals surface area (Å²) >= 11 is 0. The second kappa shape index (κ2) is 8.17. The number of benzene rings is 1. The van der Waals surface area contributed by atoms with E-state index in [2.05, 4.69) is 40.8 Å². The van der Waals surface area contributed by atoms with E-state index in [0.29, 0.717) is 5.69 Å². The molecule has 3 heterocycles. The molecule has 0 radical (unpaired) electrons. The van der Waals surface area contributed by atoms with E-state index in [-0.39, 0.29) is 11.5 Å². The van der Waals surface area contributed by atoms with Gasteiger partial charge in [0.05, 0.1) is 12.8 Å². The van der Waals surface area contributed by atoms with Crippen molar-refractivity contribution in [2.45, 2.75) is 32.7 Å². The Labute approximate surface area is 170 Å². The molecule has 1 N–H and O–H groups in total. The first kappa shape index (κ1) is 19.3. The number of H-pyrrole nitrogens is 1. The molecular weight excluding hydrogens is 364 g/mol. The molecule has 1 aliphatic rings. The number of rotatable bonds is 5. The summed E-state index contributed by atoms with van der Waals surface area (Å²) in [6.07, 6.45) is 4.43. The molecule has 1 aromatic carbocycles. The van der Waals surface area contributed by atoms with Crippen molar-refractivity contribution in [3.8, 4) is 17.0 Å². The maximum Gasteiger partial charge on any atom is 0.251 e. The zero-order valence-electron chi connectivity index (χ0n) is 17.1. The van der Waals surface area contributed by atoms with E-state index in [9.17, 15) is 4.79 Å². The third-order valence-electron chi connectivity index (χ3n) is 5.62. The van der Waals surface area contributed by atoms with Gasteiger partial charge in [0.25, 0.3) is 5.56 Å². The molecule has 0 spiro atoms. The average Bonchev–Trinajstić information content (AvgIpc) is 3.19. The predicted molar refractivity (Wildman–Crippen MR) is 113 cm³/mol. The molecule has 2 aromatic heterocycles. The van der Waals surface area contributed by atoms with Gasteiger partial charge in [-0.05, 0) is 61.7 Å². The van der Waals surface area contributed by atoms with Crippen LogP contribution in [-0.4, -0.2) is 40.1 Å². The standard InChI is InChI=1S/C23H26N4O2/c1-15-10-21(29-3)16(2)9-19(15)14-27-8-6-18(13-27)23-25-20(11-22(28)26-23)17-5-4-7-24-12-17/h4-5,7,9-12,18H,6,8,13-14H2,1-3H3,(H,25,26,28). The van der Waals surface area contributed by atoms with E-state index in [1.165, 1.54) is 17.2 Å². The van der Waals surface area contributed by atoms with Gasteiger partial charge < -0.3 is 9.72 Å². The highest BCUT2D eigenvalue weighted by Gasteiger charge is 2.26. The van der Waals surface area contributed by atoms with E-state index in [1.54, 1.807) is 19.5 Å². The fraction of sp³-hybridized carbons (Fsp3) is 0.348. The Morgan fingerprint density at radius 1 is 1.24 bits per heavy atom. The normalized spacial score (nSPS) is 16.9. The number of aromatic amines is 1. The van der Waals surface area contributed by atoms with Gasteiger partial charge in [-0.15, -0.1) is 0 Å². The topological polar surface area (TPSA) is 71.1 Å². The lowest BCUT2D eigenvalue weighted by molar-refractivity contribution is 0.324. The molecule has 1 unspecified atom stereocenters. The summed E-state index contributed by atoms with van der Waals surface area (Å²) in [6, 6.07) is 9.64. The largest absolute Gasteiger partial charge is 0.496 e. The Hall–Kier alpha value is -2.99. The Bertz CT molecular complexity index is 1060. The van der Waals surface area contributed by atoms with Crippen molar-refractivity contribution in [2.24, 2.45) is 0 Å². The van der Waals surface area contributed by atoms with E-state index >= 15 is 0 Å². The van der Waals surface area contributed by atoms with Crippen molar-refractivity contribution in [1.82, 2.24) is 19.9 Å². The highest BCUT2D eigenvalue weighted by atomic mass is 16.5. The van der Waals surface area contributed by atoms with Gasteiger partial charge in [-0.3, -0.25) is 14.7 Å². The van der Waals surface area contributed by atoms with Gasteiger partial charge in [-0.25, -0.2) is 4.98 Å². The smallest absolute Gasteiger partial charge is 0.251 e. The van der Waals surface area contributed by atoms with Crippen LogP contribution in [0.2, 0.25) is 0 Å². The number of hydrogen-bond donors (Lipinski definition) is 1. The predicted octanol–water partition coefficient (Wildman–Crippen LogP) is 3.45. The van der Waals surface area contributed by atoms with Crippen molar-refractivity contribution in [3.63, 3.8) is 0 Å². The molecule has 1 saturated heterocycles. The van der Waals surface area contributed by atoms with Gasteiger partial charge >= 0.3 is 0 Å². The molecule has 29 heavy (non-hydrogen) atoms. The van der Waals surface area contributed by atoms with Crippen LogP contribution in [0, 0.1) is 13.8 Å². The molecule has 0 bridgehead atoms. The van der Waals surface area contributed by atoms with E-state index in [0.717, 1.165) is 48.8 Å². The van der Waals surface area contributed by atoms with Crippen molar-refractivity contribution in [3.05, 3.63) is 75.6 Å². The summed E-state index contributed by atoms with van der Waals surface area (Å²) in [6.45, 7) is 6.95.